The maximum Gasteiger partial charge on any atom is 0.268 e. The van der Waals surface area contributed by atoms with Gasteiger partial charge in [-0.3, -0.25) is 0 Å². The van der Waals surface area contributed by atoms with E-state index in [1.54, 1.807) is 16.8 Å². The van der Waals surface area contributed by atoms with Crippen LogP contribution in [0.1, 0.15) is 12.0 Å². The SMILES string of the molecule is Cc1ccc(S(=O)(=O)N2CCCn3ncnc32)c(Cl)c1. The van der Waals surface area contributed by atoms with Crippen LogP contribution >= 0.6 is 11.6 Å². The van der Waals surface area contributed by atoms with E-state index in [9.17, 15) is 8.42 Å². The highest BCUT2D eigenvalue weighted by Gasteiger charge is 2.32. The van der Waals surface area contributed by atoms with Crippen LogP contribution in [0.25, 0.3) is 0 Å². The summed E-state index contributed by atoms with van der Waals surface area (Å²) in [5.41, 5.74) is 0.913. The predicted octanol–water partition coefficient (Wildman–Crippen LogP) is 1.84. The quantitative estimate of drug-likeness (QED) is 0.848. The smallest absolute Gasteiger partial charge is 0.234 e. The van der Waals surface area contributed by atoms with Crippen molar-refractivity contribution >= 4 is 27.6 Å². The fraction of sp³-hybridized carbons (Fsp3) is 0.333. The maximum absolute atomic E-state index is 12.7. The molecule has 20 heavy (non-hydrogen) atoms. The topological polar surface area (TPSA) is 68.1 Å². The summed E-state index contributed by atoms with van der Waals surface area (Å²) in [7, 11) is -3.71. The standard InChI is InChI=1S/C12H13ClN4O2S/c1-9-3-4-11(10(13)7-9)20(18,19)17-6-2-5-16-12(17)14-8-15-16/h3-4,7-8H,2,5-6H2,1H3. The summed E-state index contributed by atoms with van der Waals surface area (Å²) in [5, 5.41) is 4.24. The molecule has 8 heteroatoms. The number of nitrogens with zero attached hydrogens (tertiary/aromatic N) is 4. The van der Waals surface area contributed by atoms with E-state index in [0.717, 1.165) is 5.56 Å². The molecule has 0 aliphatic carbocycles. The van der Waals surface area contributed by atoms with Crippen molar-refractivity contribution in [2.24, 2.45) is 0 Å². The van der Waals surface area contributed by atoms with Crippen molar-refractivity contribution in [2.75, 3.05) is 10.8 Å². The lowest BCUT2D eigenvalue weighted by Gasteiger charge is -2.27. The van der Waals surface area contributed by atoms with E-state index >= 15 is 0 Å². The molecule has 0 amide bonds. The Hall–Kier alpha value is -1.60. The molecule has 106 valence electrons. The second kappa shape index (κ2) is 4.75. The average molecular weight is 313 g/mol. The monoisotopic (exact) mass is 312 g/mol. The number of fused-ring (bicyclic) bond motifs is 1. The van der Waals surface area contributed by atoms with Crippen LogP contribution in [0.2, 0.25) is 5.02 Å². The summed E-state index contributed by atoms with van der Waals surface area (Å²) in [5.74, 6) is 0.341. The summed E-state index contributed by atoms with van der Waals surface area (Å²) in [6.45, 7) is 2.91. The number of halogens is 1. The highest BCUT2D eigenvalue weighted by Crippen LogP contribution is 2.29. The number of aromatic nitrogens is 3. The Morgan fingerprint density at radius 3 is 2.85 bits per heavy atom. The molecular weight excluding hydrogens is 300 g/mol. The summed E-state index contributed by atoms with van der Waals surface area (Å²) in [6.07, 6.45) is 2.05. The van der Waals surface area contributed by atoms with Crippen LogP contribution in [0.3, 0.4) is 0 Å². The van der Waals surface area contributed by atoms with E-state index in [4.69, 9.17) is 11.6 Å². The van der Waals surface area contributed by atoms with E-state index < -0.39 is 10.0 Å². The molecule has 0 N–H and O–H groups in total. The molecule has 2 heterocycles. The van der Waals surface area contributed by atoms with Gasteiger partial charge in [0.2, 0.25) is 5.95 Å². The van der Waals surface area contributed by atoms with Gasteiger partial charge in [-0.05, 0) is 31.0 Å². The van der Waals surface area contributed by atoms with Crippen molar-refractivity contribution < 1.29 is 8.42 Å². The van der Waals surface area contributed by atoms with Gasteiger partial charge in [-0.25, -0.2) is 17.4 Å². The molecule has 1 aromatic heterocycles. The minimum Gasteiger partial charge on any atom is -0.234 e. The predicted molar refractivity (Wildman–Crippen MR) is 75.4 cm³/mol. The zero-order valence-corrected chi connectivity index (χ0v) is 12.4. The van der Waals surface area contributed by atoms with E-state index in [2.05, 4.69) is 10.1 Å². The van der Waals surface area contributed by atoms with Crippen molar-refractivity contribution in [1.82, 2.24) is 14.8 Å². The summed E-state index contributed by atoms with van der Waals surface area (Å²) >= 11 is 6.09. The molecule has 0 unspecified atom stereocenters. The summed E-state index contributed by atoms with van der Waals surface area (Å²) in [4.78, 5) is 4.13. The molecule has 6 nitrogen and oxygen atoms in total. The van der Waals surface area contributed by atoms with E-state index in [-0.39, 0.29) is 9.92 Å². The van der Waals surface area contributed by atoms with Crippen LogP contribution in [0.4, 0.5) is 5.95 Å². The van der Waals surface area contributed by atoms with E-state index in [1.165, 1.54) is 16.7 Å². The van der Waals surface area contributed by atoms with Crippen molar-refractivity contribution in [2.45, 2.75) is 24.8 Å². The molecular formula is C12H13ClN4O2S. The molecule has 3 rings (SSSR count). The van der Waals surface area contributed by atoms with E-state index in [0.29, 0.717) is 25.5 Å². The lowest BCUT2D eigenvalue weighted by Crippen LogP contribution is -2.38. The van der Waals surface area contributed by atoms with E-state index in [1.807, 2.05) is 6.92 Å². The minimum absolute atomic E-state index is 0.0983. The van der Waals surface area contributed by atoms with Gasteiger partial charge in [0.1, 0.15) is 11.2 Å². The first-order valence-corrected chi connectivity index (χ1v) is 7.98. The molecule has 0 atom stereocenters. The van der Waals surface area contributed by atoms with Gasteiger partial charge in [-0.2, -0.15) is 10.1 Å². The molecule has 0 bridgehead atoms. The Labute approximate surface area is 122 Å². The third-order valence-corrected chi connectivity index (χ3v) is 5.47. The number of hydrogen-bond donors (Lipinski definition) is 0. The second-order valence-corrected chi connectivity index (χ2v) is 6.89. The van der Waals surface area contributed by atoms with Gasteiger partial charge in [-0.15, -0.1) is 0 Å². The van der Waals surface area contributed by atoms with Gasteiger partial charge >= 0.3 is 0 Å². The fourth-order valence-electron chi connectivity index (χ4n) is 2.23. The third-order valence-electron chi connectivity index (χ3n) is 3.20. The van der Waals surface area contributed by atoms with Crippen LogP contribution in [0, 0.1) is 6.92 Å². The minimum atomic E-state index is -3.71. The zero-order valence-electron chi connectivity index (χ0n) is 10.8. The number of sulfonamides is 1. The van der Waals surface area contributed by atoms with Crippen LogP contribution in [-0.4, -0.2) is 29.7 Å². The molecule has 0 fully saturated rings. The number of benzene rings is 1. The molecule has 0 saturated heterocycles. The highest BCUT2D eigenvalue weighted by molar-refractivity contribution is 7.93. The average Bonchev–Trinajstić information content (AvgIpc) is 2.85. The van der Waals surface area contributed by atoms with Crippen LogP contribution < -0.4 is 4.31 Å². The Balaban J connectivity index is 2.10. The summed E-state index contributed by atoms with van der Waals surface area (Å²) < 4.78 is 28.3. The molecule has 1 aromatic carbocycles. The third kappa shape index (κ3) is 2.06. The second-order valence-electron chi connectivity index (χ2n) is 4.65. The van der Waals surface area contributed by atoms with Crippen molar-refractivity contribution in [3.8, 4) is 0 Å². The highest BCUT2D eigenvalue weighted by atomic mass is 35.5. The lowest BCUT2D eigenvalue weighted by molar-refractivity contribution is 0.529. The van der Waals surface area contributed by atoms with Crippen molar-refractivity contribution in [3.05, 3.63) is 35.1 Å². The first-order chi connectivity index (χ1) is 9.50. The molecule has 0 saturated carbocycles. The fourth-order valence-corrected chi connectivity index (χ4v) is 4.27. The van der Waals surface area contributed by atoms with Crippen LogP contribution in [0.5, 0.6) is 0 Å². The van der Waals surface area contributed by atoms with Crippen molar-refractivity contribution in [1.29, 1.82) is 0 Å². The number of anilines is 1. The van der Waals surface area contributed by atoms with Crippen LogP contribution in [0.15, 0.2) is 29.4 Å². The van der Waals surface area contributed by atoms with Gasteiger partial charge in [-0.1, -0.05) is 17.7 Å². The number of aryl methyl sites for hydroxylation is 2. The molecule has 2 aromatic rings. The largest absolute Gasteiger partial charge is 0.268 e. The normalized spacial score (nSPS) is 15.2. The van der Waals surface area contributed by atoms with Gasteiger partial charge in [0, 0.05) is 13.1 Å². The zero-order chi connectivity index (χ0) is 14.3. The maximum atomic E-state index is 12.7. The van der Waals surface area contributed by atoms with Gasteiger partial charge in [0.05, 0.1) is 5.02 Å². The Morgan fingerprint density at radius 1 is 1.30 bits per heavy atom. The van der Waals surface area contributed by atoms with Crippen LogP contribution in [-0.2, 0) is 16.6 Å². The van der Waals surface area contributed by atoms with Gasteiger partial charge in [0.15, 0.2) is 0 Å². The first-order valence-electron chi connectivity index (χ1n) is 6.17. The Bertz CT molecular complexity index is 757. The number of hydrogen-bond acceptors (Lipinski definition) is 4. The lowest BCUT2D eigenvalue weighted by atomic mass is 10.2. The molecule has 1 aliphatic rings. The molecule has 0 spiro atoms. The summed E-state index contributed by atoms with van der Waals surface area (Å²) in [6, 6.07) is 4.90. The first kappa shape index (κ1) is 13.4. The Kier molecular flexibility index (Phi) is 3.18. The molecule has 1 aliphatic heterocycles. The Morgan fingerprint density at radius 2 is 2.10 bits per heavy atom. The van der Waals surface area contributed by atoms with Gasteiger partial charge in [0.25, 0.3) is 10.0 Å². The number of rotatable bonds is 2. The van der Waals surface area contributed by atoms with Gasteiger partial charge < -0.3 is 0 Å². The molecule has 0 radical (unpaired) electrons. The van der Waals surface area contributed by atoms with Crippen molar-refractivity contribution in [3.63, 3.8) is 0 Å².